The SMILES string of the molecule is CCC1COC(C)CN1CC(C)(C#N)NC. The van der Waals surface area contributed by atoms with Crippen molar-refractivity contribution >= 4 is 0 Å². The van der Waals surface area contributed by atoms with Crippen LogP contribution in [0.4, 0.5) is 0 Å². The van der Waals surface area contributed by atoms with E-state index in [-0.39, 0.29) is 6.10 Å². The number of nitrogens with one attached hydrogen (secondary N) is 1. The second-order valence-corrected chi connectivity index (χ2v) is 4.83. The average molecular weight is 225 g/mol. The number of hydrogen-bond acceptors (Lipinski definition) is 4. The maximum Gasteiger partial charge on any atom is 0.116 e. The molecule has 1 rings (SSSR count). The summed E-state index contributed by atoms with van der Waals surface area (Å²) < 4.78 is 5.65. The standard InChI is InChI=1S/C12H23N3O/c1-5-11-7-16-10(2)6-15(11)9-12(3,8-13)14-4/h10-11,14H,5-7,9H2,1-4H3. The fourth-order valence-electron chi connectivity index (χ4n) is 2.06. The summed E-state index contributed by atoms with van der Waals surface area (Å²) in [5, 5.41) is 12.3. The van der Waals surface area contributed by atoms with Crippen LogP contribution in [0.5, 0.6) is 0 Å². The molecule has 1 aliphatic rings. The van der Waals surface area contributed by atoms with Crippen LogP contribution in [0.3, 0.4) is 0 Å². The van der Waals surface area contributed by atoms with Gasteiger partial charge >= 0.3 is 0 Å². The fraction of sp³-hybridized carbons (Fsp3) is 0.917. The van der Waals surface area contributed by atoms with Crippen molar-refractivity contribution in [2.75, 3.05) is 26.7 Å². The minimum Gasteiger partial charge on any atom is -0.376 e. The highest BCUT2D eigenvalue weighted by Gasteiger charge is 2.32. The normalized spacial score (nSPS) is 30.7. The Morgan fingerprint density at radius 1 is 1.62 bits per heavy atom. The van der Waals surface area contributed by atoms with Gasteiger partial charge in [0.25, 0.3) is 0 Å². The zero-order valence-corrected chi connectivity index (χ0v) is 10.8. The number of likely N-dealkylation sites (N-methyl/N-ethyl adjacent to an activating group) is 1. The lowest BCUT2D eigenvalue weighted by molar-refractivity contribution is -0.0605. The van der Waals surface area contributed by atoms with Crippen LogP contribution in [-0.4, -0.2) is 49.3 Å². The highest BCUT2D eigenvalue weighted by molar-refractivity contribution is 5.05. The zero-order chi connectivity index (χ0) is 12.2. The molecule has 0 aliphatic carbocycles. The van der Waals surface area contributed by atoms with E-state index < -0.39 is 5.54 Å². The topological polar surface area (TPSA) is 48.3 Å². The van der Waals surface area contributed by atoms with Crippen LogP contribution in [0.1, 0.15) is 27.2 Å². The van der Waals surface area contributed by atoms with E-state index in [1.165, 1.54) is 0 Å². The minimum absolute atomic E-state index is 0.266. The van der Waals surface area contributed by atoms with Gasteiger partial charge in [0.15, 0.2) is 0 Å². The van der Waals surface area contributed by atoms with Crippen molar-refractivity contribution in [3.8, 4) is 6.07 Å². The van der Waals surface area contributed by atoms with E-state index in [1.807, 2.05) is 14.0 Å². The quantitative estimate of drug-likeness (QED) is 0.775. The van der Waals surface area contributed by atoms with Crippen molar-refractivity contribution in [1.82, 2.24) is 10.2 Å². The van der Waals surface area contributed by atoms with Gasteiger partial charge in [-0.1, -0.05) is 6.92 Å². The molecule has 4 heteroatoms. The van der Waals surface area contributed by atoms with E-state index in [9.17, 15) is 5.26 Å². The third-order valence-corrected chi connectivity index (χ3v) is 3.37. The molecule has 3 atom stereocenters. The van der Waals surface area contributed by atoms with Gasteiger partial charge in [-0.15, -0.1) is 0 Å². The van der Waals surface area contributed by atoms with Gasteiger partial charge in [0.2, 0.25) is 0 Å². The summed E-state index contributed by atoms with van der Waals surface area (Å²) >= 11 is 0. The van der Waals surface area contributed by atoms with Crippen LogP contribution in [0, 0.1) is 11.3 Å². The number of nitriles is 1. The summed E-state index contributed by atoms with van der Waals surface area (Å²) in [6.07, 6.45) is 1.33. The maximum absolute atomic E-state index is 9.17. The van der Waals surface area contributed by atoms with Crippen molar-refractivity contribution in [1.29, 1.82) is 5.26 Å². The van der Waals surface area contributed by atoms with Gasteiger partial charge in [-0.3, -0.25) is 4.90 Å². The molecule has 0 aromatic rings. The predicted molar refractivity (Wildman–Crippen MR) is 64.1 cm³/mol. The Morgan fingerprint density at radius 2 is 2.31 bits per heavy atom. The van der Waals surface area contributed by atoms with E-state index in [2.05, 4.69) is 30.1 Å². The number of hydrogen-bond donors (Lipinski definition) is 1. The lowest BCUT2D eigenvalue weighted by Gasteiger charge is -2.41. The van der Waals surface area contributed by atoms with Gasteiger partial charge in [0.1, 0.15) is 5.54 Å². The van der Waals surface area contributed by atoms with Crippen molar-refractivity contribution in [2.24, 2.45) is 0 Å². The van der Waals surface area contributed by atoms with Crippen molar-refractivity contribution in [3.63, 3.8) is 0 Å². The summed E-state index contributed by atoms with van der Waals surface area (Å²) in [6, 6.07) is 2.78. The monoisotopic (exact) mass is 225 g/mol. The number of ether oxygens (including phenoxy) is 1. The molecule has 4 nitrogen and oxygen atoms in total. The van der Waals surface area contributed by atoms with Crippen LogP contribution in [-0.2, 0) is 4.74 Å². The molecular formula is C12H23N3O. The molecule has 0 saturated carbocycles. The van der Waals surface area contributed by atoms with Crippen molar-refractivity contribution < 1.29 is 4.74 Å². The summed E-state index contributed by atoms with van der Waals surface area (Å²) in [6.45, 7) is 8.65. The number of rotatable bonds is 4. The van der Waals surface area contributed by atoms with Crippen LogP contribution in [0.25, 0.3) is 0 Å². The van der Waals surface area contributed by atoms with E-state index in [0.717, 1.165) is 26.1 Å². The second-order valence-electron chi connectivity index (χ2n) is 4.83. The molecule has 0 bridgehead atoms. The highest BCUT2D eigenvalue weighted by atomic mass is 16.5. The number of morpholine rings is 1. The lowest BCUT2D eigenvalue weighted by Crippen LogP contribution is -2.56. The third kappa shape index (κ3) is 3.18. The minimum atomic E-state index is -0.468. The molecule has 1 fully saturated rings. The molecule has 1 saturated heterocycles. The maximum atomic E-state index is 9.17. The third-order valence-electron chi connectivity index (χ3n) is 3.37. The zero-order valence-electron chi connectivity index (χ0n) is 10.8. The average Bonchev–Trinajstić information content (AvgIpc) is 2.29. The molecule has 0 radical (unpaired) electrons. The summed E-state index contributed by atoms with van der Waals surface area (Å²) in [5.74, 6) is 0. The van der Waals surface area contributed by atoms with E-state index in [4.69, 9.17) is 4.74 Å². The van der Waals surface area contributed by atoms with E-state index in [1.54, 1.807) is 0 Å². The summed E-state index contributed by atoms with van der Waals surface area (Å²) in [5.41, 5.74) is -0.468. The Balaban J connectivity index is 2.65. The smallest absolute Gasteiger partial charge is 0.116 e. The molecule has 16 heavy (non-hydrogen) atoms. The summed E-state index contributed by atoms with van der Waals surface area (Å²) in [7, 11) is 1.84. The second kappa shape index (κ2) is 5.62. The van der Waals surface area contributed by atoms with Crippen LogP contribution >= 0.6 is 0 Å². The van der Waals surface area contributed by atoms with Crippen molar-refractivity contribution in [2.45, 2.75) is 44.9 Å². The molecule has 0 spiro atoms. The van der Waals surface area contributed by atoms with Gasteiger partial charge in [0, 0.05) is 19.1 Å². The Bertz CT molecular complexity index is 263. The molecule has 1 heterocycles. The van der Waals surface area contributed by atoms with E-state index >= 15 is 0 Å². The first kappa shape index (κ1) is 13.4. The highest BCUT2D eigenvalue weighted by Crippen LogP contribution is 2.17. The molecule has 0 amide bonds. The summed E-state index contributed by atoms with van der Waals surface area (Å²) in [4.78, 5) is 2.37. The van der Waals surface area contributed by atoms with Gasteiger partial charge in [-0.25, -0.2) is 0 Å². The van der Waals surface area contributed by atoms with Crippen LogP contribution in [0.15, 0.2) is 0 Å². The molecule has 1 aliphatic heterocycles. The molecule has 0 aromatic heterocycles. The number of nitrogens with zero attached hydrogens (tertiary/aromatic N) is 2. The largest absolute Gasteiger partial charge is 0.376 e. The molecule has 1 N–H and O–H groups in total. The molecular weight excluding hydrogens is 202 g/mol. The lowest BCUT2D eigenvalue weighted by atomic mass is 10.0. The first-order valence-corrected chi connectivity index (χ1v) is 6.00. The molecule has 0 aromatic carbocycles. The Kier molecular flexibility index (Phi) is 4.72. The van der Waals surface area contributed by atoms with Crippen molar-refractivity contribution in [3.05, 3.63) is 0 Å². The molecule has 3 unspecified atom stereocenters. The first-order valence-electron chi connectivity index (χ1n) is 6.00. The Labute approximate surface area is 98.6 Å². The molecule has 92 valence electrons. The van der Waals surface area contributed by atoms with Gasteiger partial charge in [0.05, 0.1) is 18.8 Å². The predicted octanol–water partition coefficient (Wildman–Crippen LogP) is 0.987. The Morgan fingerprint density at radius 3 is 2.81 bits per heavy atom. The first-order chi connectivity index (χ1) is 7.54. The van der Waals surface area contributed by atoms with Crippen LogP contribution in [0.2, 0.25) is 0 Å². The Hall–Kier alpha value is -0.630. The van der Waals surface area contributed by atoms with Crippen LogP contribution < -0.4 is 5.32 Å². The van der Waals surface area contributed by atoms with Gasteiger partial charge in [-0.05, 0) is 27.3 Å². The van der Waals surface area contributed by atoms with Gasteiger partial charge in [-0.2, -0.15) is 5.26 Å². The fourth-order valence-corrected chi connectivity index (χ4v) is 2.06. The van der Waals surface area contributed by atoms with E-state index in [0.29, 0.717) is 6.04 Å². The van der Waals surface area contributed by atoms with Gasteiger partial charge < -0.3 is 10.1 Å².